The summed E-state index contributed by atoms with van der Waals surface area (Å²) in [6.45, 7) is 3.80. The zero-order chi connectivity index (χ0) is 18.0. The van der Waals surface area contributed by atoms with Crippen LogP contribution in [0.5, 0.6) is 0 Å². The molecular formula is C22H23FN4. The molecule has 2 aromatic rings. The second-order valence-corrected chi connectivity index (χ2v) is 8.36. The monoisotopic (exact) mass is 362 g/mol. The van der Waals surface area contributed by atoms with Crippen molar-refractivity contribution in [1.29, 1.82) is 0 Å². The van der Waals surface area contributed by atoms with Gasteiger partial charge in [-0.2, -0.15) is 0 Å². The average Bonchev–Trinajstić information content (AvgIpc) is 3.09. The Morgan fingerprint density at radius 2 is 1.89 bits per heavy atom. The smallest absolute Gasteiger partial charge is 0.123 e. The van der Waals surface area contributed by atoms with Crippen LogP contribution < -0.4 is 20.9 Å². The second kappa shape index (κ2) is 5.80. The van der Waals surface area contributed by atoms with E-state index in [1.54, 1.807) is 0 Å². The summed E-state index contributed by atoms with van der Waals surface area (Å²) in [6.07, 6.45) is 10.1. The van der Waals surface area contributed by atoms with Gasteiger partial charge in [0.05, 0.1) is 17.6 Å². The van der Waals surface area contributed by atoms with Gasteiger partial charge in [0, 0.05) is 28.9 Å². The summed E-state index contributed by atoms with van der Waals surface area (Å²) >= 11 is 0. The summed E-state index contributed by atoms with van der Waals surface area (Å²) < 4.78 is 13.4. The molecule has 2 atom stereocenters. The molecule has 0 amide bonds. The largest absolute Gasteiger partial charge is 0.303 e. The lowest BCUT2D eigenvalue weighted by Crippen LogP contribution is -2.50. The third-order valence-corrected chi connectivity index (χ3v) is 6.92. The molecule has 5 heteroatoms. The third kappa shape index (κ3) is 2.41. The number of hydrogen-bond donors (Lipinski definition) is 1. The molecule has 3 saturated heterocycles. The van der Waals surface area contributed by atoms with Crippen molar-refractivity contribution in [2.75, 3.05) is 24.6 Å². The first-order valence-corrected chi connectivity index (χ1v) is 10.00. The molecule has 0 spiro atoms. The molecule has 7 rings (SSSR count). The summed E-state index contributed by atoms with van der Waals surface area (Å²) in [5.41, 5.74) is 6.89. The van der Waals surface area contributed by atoms with Gasteiger partial charge in [-0.15, -0.1) is 0 Å². The Morgan fingerprint density at radius 3 is 2.63 bits per heavy atom. The number of benzene rings is 1. The van der Waals surface area contributed by atoms with E-state index in [0.717, 1.165) is 29.6 Å². The molecule has 5 aliphatic rings. The highest BCUT2D eigenvalue weighted by Crippen LogP contribution is 2.40. The molecule has 27 heavy (non-hydrogen) atoms. The molecule has 5 heterocycles. The van der Waals surface area contributed by atoms with Crippen LogP contribution in [-0.4, -0.2) is 29.5 Å². The fourth-order valence-corrected chi connectivity index (χ4v) is 5.58. The first-order valence-electron chi connectivity index (χ1n) is 10.00. The highest BCUT2D eigenvalue weighted by atomic mass is 19.1. The van der Waals surface area contributed by atoms with Crippen LogP contribution in [0.2, 0.25) is 0 Å². The summed E-state index contributed by atoms with van der Waals surface area (Å²) in [4.78, 5) is 7.14. The normalized spacial score (nSPS) is 30.7. The molecule has 2 bridgehead atoms. The van der Waals surface area contributed by atoms with Crippen LogP contribution in [0, 0.1) is 23.6 Å². The Hall–Kier alpha value is -2.40. The lowest BCUT2D eigenvalue weighted by atomic mass is 9.70. The lowest BCUT2D eigenvalue weighted by Gasteiger charge is -2.47. The summed E-state index contributed by atoms with van der Waals surface area (Å²) in [5, 5.41) is 4.56. The maximum absolute atomic E-state index is 13.4. The highest BCUT2D eigenvalue weighted by Gasteiger charge is 2.39. The van der Waals surface area contributed by atoms with E-state index in [9.17, 15) is 4.39 Å². The molecular weight excluding hydrogens is 339 g/mol. The summed E-state index contributed by atoms with van der Waals surface area (Å²) in [5.74, 6) is 1.97. The van der Waals surface area contributed by atoms with Gasteiger partial charge < -0.3 is 4.90 Å². The maximum atomic E-state index is 13.4. The maximum Gasteiger partial charge on any atom is 0.123 e. The van der Waals surface area contributed by atoms with Gasteiger partial charge in [0.15, 0.2) is 0 Å². The zero-order valence-electron chi connectivity index (χ0n) is 15.2. The molecule has 138 valence electrons. The van der Waals surface area contributed by atoms with E-state index >= 15 is 0 Å². The van der Waals surface area contributed by atoms with Gasteiger partial charge in [-0.05, 0) is 74.4 Å². The predicted octanol–water partition coefficient (Wildman–Crippen LogP) is 2.13. The number of nitrogens with one attached hydrogen (secondary N) is 1. The van der Waals surface area contributed by atoms with Crippen molar-refractivity contribution in [3.05, 3.63) is 52.9 Å². The molecule has 3 fully saturated rings. The molecule has 1 N–H and O–H groups in total. The van der Waals surface area contributed by atoms with E-state index in [1.807, 2.05) is 29.5 Å². The van der Waals surface area contributed by atoms with Crippen LogP contribution in [-0.2, 0) is 0 Å². The fourth-order valence-electron chi connectivity index (χ4n) is 5.58. The molecule has 0 saturated carbocycles. The van der Waals surface area contributed by atoms with Crippen molar-refractivity contribution in [1.82, 2.24) is 15.3 Å². The van der Waals surface area contributed by atoms with Crippen LogP contribution >= 0.6 is 0 Å². The van der Waals surface area contributed by atoms with Crippen molar-refractivity contribution < 1.29 is 4.39 Å². The Labute approximate surface area is 158 Å². The molecule has 1 unspecified atom stereocenters. The Kier molecular flexibility index (Phi) is 3.36. The number of hydrogen-bond acceptors (Lipinski definition) is 4. The molecule has 1 aromatic carbocycles. The van der Waals surface area contributed by atoms with Crippen molar-refractivity contribution in [3.63, 3.8) is 0 Å². The van der Waals surface area contributed by atoms with Crippen molar-refractivity contribution in [2.45, 2.75) is 19.3 Å². The van der Waals surface area contributed by atoms with Crippen LogP contribution in [0.25, 0.3) is 11.8 Å². The van der Waals surface area contributed by atoms with Crippen LogP contribution in [0.4, 0.5) is 15.8 Å². The van der Waals surface area contributed by atoms with Crippen molar-refractivity contribution >= 4 is 23.1 Å². The minimum absolute atomic E-state index is 0.214. The first-order chi connectivity index (χ1) is 13.3. The predicted molar refractivity (Wildman–Crippen MR) is 104 cm³/mol. The van der Waals surface area contributed by atoms with Gasteiger partial charge in [0.1, 0.15) is 5.82 Å². The van der Waals surface area contributed by atoms with Crippen LogP contribution in [0.3, 0.4) is 0 Å². The van der Waals surface area contributed by atoms with E-state index < -0.39 is 0 Å². The molecule has 4 aliphatic heterocycles. The van der Waals surface area contributed by atoms with E-state index in [0.29, 0.717) is 5.92 Å². The Bertz CT molecular complexity index is 1010. The number of hydrazine groups is 1. The average molecular weight is 362 g/mol. The van der Waals surface area contributed by atoms with Crippen molar-refractivity contribution in [2.24, 2.45) is 17.8 Å². The van der Waals surface area contributed by atoms with Gasteiger partial charge in [0.2, 0.25) is 0 Å². The van der Waals surface area contributed by atoms with Gasteiger partial charge in [-0.25, -0.2) is 4.39 Å². The summed E-state index contributed by atoms with van der Waals surface area (Å²) in [7, 11) is 0. The topological polar surface area (TPSA) is 31.4 Å². The molecule has 4 nitrogen and oxygen atoms in total. The van der Waals surface area contributed by atoms with E-state index in [4.69, 9.17) is 0 Å². The number of nitrogens with zero attached hydrogens (tertiary/aromatic N) is 3. The standard InChI is InChI=1S/C22H23FN4/c23-17-1-3-18(4-2-17)27-21-12-24-11-16-9-15(10-20(25-27)22(16)21)19-13-26-7-5-14(19)6-8-26/h1-4,9,11-12,14-15,19,25H,5-8,10,13H2/t15-,19?/m1/s1. The number of halogens is 1. The number of piperidine rings is 3. The SMILES string of the molecule is Fc1ccc(N2NC3=c4c2cncc4=C[C@@H](C2CN4CCC2CC4)C3)cc1. The zero-order valence-corrected chi connectivity index (χ0v) is 15.2. The second-order valence-electron chi connectivity index (χ2n) is 8.36. The van der Waals surface area contributed by atoms with E-state index in [1.165, 1.54) is 60.7 Å². The van der Waals surface area contributed by atoms with Crippen LogP contribution in [0.15, 0.2) is 36.7 Å². The Balaban J connectivity index is 1.38. The van der Waals surface area contributed by atoms with Crippen LogP contribution in [0.1, 0.15) is 19.3 Å². The lowest BCUT2D eigenvalue weighted by molar-refractivity contribution is 0.0336. The number of rotatable bonds is 2. The van der Waals surface area contributed by atoms with Crippen molar-refractivity contribution in [3.8, 4) is 0 Å². The molecule has 0 radical (unpaired) electrons. The number of aromatic nitrogens is 1. The third-order valence-electron chi connectivity index (χ3n) is 6.92. The van der Waals surface area contributed by atoms with Gasteiger partial charge in [-0.3, -0.25) is 15.4 Å². The highest BCUT2D eigenvalue weighted by molar-refractivity contribution is 5.74. The van der Waals surface area contributed by atoms with Gasteiger partial charge in [-0.1, -0.05) is 6.08 Å². The summed E-state index contributed by atoms with van der Waals surface area (Å²) in [6, 6.07) is 6.64. The number of fused-ring (bicyclic) bond motifs is 3. The fraction of sp³-hybridized carbons (Fsp3) is 0.409. The number of anilines is 2. The van der Waals surface area contributed by atoms with E-state index in [-0.39, 0.29) is 5.82 Å². The van der Waals surface area contributed by atoms with Gasteiger partial charge in [0.25, 0.3) is 0 Å². The first kappa shape index (κ1) is 15.6. The van der Waals surface area contributed by atoms with Gasteiger partial charge >= 0.3 is 0 Å². The minimum atomic E-state index is -0.214. The quantitative estimate of drug-likeness (QED) is 0.887. The Morgan fingerprint density at radius 1 is 1.07 bits per heavy atom. The minimum Gasteiger partial charge on any atom is -0.303 e. The molecule has 1 aliphatic carbocycles. The van der Waals surface area contributed by atoms with E-state index in [2.05, 4.69) is 21.4 Å². The number of pyridine rings is 1. The molecule has 1 aromatic heterocycles.